The van der Waals surface area contributed by atoms with Gasteiger partial charge in [-0.05, 0) is 56.0 Å². The van der Waals surface area contributed by atoms with Crippen LogP contribution in [0.4, 0.5) is 0 Å². The fraction of sp³-hybridized carbons (Fsp3) is 0.632. The summed E-state index contributed by atoms with van der Waals surface area (Å²) in [5.74, 6) is 1.38. The van der Waals surface area contributed by atoms with Crippen LogP contribution in [-0.4, -0.2) is 43.1 Å². The maximum Gasteiger partial charge on any atom is 0.260 e. The number of carbonyl (C=O) groups is 1. The van der Waals surface area contributed by atoms with Gasteiger partial charge in [-0.2, -0.15) is 0 Å². The van der Waals surface area contributed by atoms with Gasteiger partial charge in [0, 0.05) is 12.6 Å². The Kier molecular flexibility index (Phi) is 6.90. The van der Waals surface area contributed by atoms with E-state index < -0.39 is 0 Å². The molecule has 1 fully saturated rings. The van der Waals surface area contributed by atoms with E-state index in [1.54, 1.807) is 0 Å². The SMILES string of the molecule is CCCN(C(=O)COc1ccc(C(C)C)cc1)C1CCNCC1. The Bertz CT molecular complexity index is 479. The van der Waals surface area contributed by atoms with Gasteiger partial charge in [-0.15, -0.1) is 0 Å². The Labute approximate surface area is 140 Å². The van der Waals surface area contributed by atoms with Crippen molar-refractivity contribution in [2.45, 2.75) is 52.0 Å². The van der Waals surface area contributed by atoms with E-state index >= 15 is 0 Å². The first-order valence-electron chi connectivity index (χ1n) is 8.84. The molecular weight excluding hydrogens is 288 g/mol. The van der Waals surface area contributed by atoms with Crippen LogP contribution in [0.3, 0.4) is 0 Å². The van der Waals surface area contributed by atoms with Gasteiger partial charge in [-0.1, -0.05) is 32.9 Å². The molecule has 1 amide bonds. The first-order chi connectivity index (χ1) is 11.1. The van der Waals surface area contributed by atoms with Gasteiger partial charge >= 0.3 is 0 Å². The molecule has 0 saturated carbocycles. The molecule has 23 heavy (non-hydrogen) atoms. The molecule has 1 aromatic rings. The molecule has 1 saturated heterocycles. The summed E-state index contributed by atoms with van der Waals surface area (Å²) >= 11 is 0. The molecule has 0 aliphatic carbocycles. The second-order valence-electron chi connectivity index (χ2n) is 6.58. The molecule has 128 valence electrons. The van der Waals surface area contributed by atoms with Crippen LogP contribution in [0.25, 0.3) is 0 Å². The monoisotopic (exact) mass is 318 g/mol. The highest BCUT2D eigenvalue weighted by molar-refractivity contribution is 5.78. The summed E-state index contributed by atoms with van der Waals surface area (Å²) in [6.45, 7) is 9.39. The highest BCUT2D eigenvalue weighted by atomic mass is 16.5. The van der Waals surface area contributed by atoms with Gasteiger partial charge in [0.05, 0.1) is 0 Å². The molecule has 1 N–H and O–H groups in total. The van der Waals surface area contributed by atoms with Crippen molar-refractivity contribution in [2.75, 3.05) is 26.2 Å². The van der Waals surface area contributed by atoms with Gasteiger partial charge in [0.2, 0.25) is 0 Å². The second-order valence-corrected chi connectivity index (χ2v) is 6.58. The Morgan fingerprint density at radius 3 is 2.48 bits per heavy atom. The molecule has 1 aromatic carbocycles. The molecule has 0 radical (unpaired) electrons. The van der Waals surface area contributed by atoms with E-state index in [2.05, 4.69) is 38.2 Å². The van der Waals surface area contributed by atoms with Crippen molar-refractivity contribution in [2.24, 2.45) is 0 Å². The molecular formula is C19H30N2O2. The zero-order valence-corrected chi connectivity index (χ0v) is 14.7. The minimum Gasteiger partial charge on any atom is -0.484 e. The van der Waals surface area contributed by atoms with Crippen LogP contribution < -0.4 is 10.1 Å². The van der Waals surface area contributed by atoms with Crippen LogP contribution >= 0.6 is 0 Å². The quantitative estimate of drug-likeness (QED) is 0.839. The van der Waals surface area contributed by atoms with Gasteiger partial charge in [0.15, 0.2) is 6.61 Å². The first-order valence-corrected chi connectivity index (χ1v) is 8.84. The molecule has 1 heterocycles. The molecule has 2 rings (SSSR count). The Morgan fingerprint density at radius 2 is 1.91 bits per heavy atom. The summed E-state index contributed by atoms with van der Waals surface area (Å²) in [5.41, 5.74) is 1.28. The predicted octanol–water partition coefficient (Wildman–Crippen LogP) is 3.18. The lowest BCUT2D eigenvalue weighted by atomic mass is 10.0. The van der Waals surface area contributed by atoms with Crippen LogP contribution in [0, 0.1) is 0 Å². The average Bonchev–Trinajstić information content (AvgIpc) is 2.58. The topological polar surface area (TPSA) is 41.6 Å². The van der Waals surface area contributed by atoms with Gasteiger partial charge in [0.1, 0.15) is 5.75 Å². The van der Waals surface area contributed by atoms with Gasteiger partial charge < -0.3 is 15.0 Å². The van der Waals surface area contributed by atoms with Crippen LogP contribution in [-0.2, 0) is 4.79 Å². The Balaban J connectivity index is 1.90. The third kappa shape index (κ3) is 5.24. The number of nitrogens with one attached hydrogen (secondary N) is 1. The number of carbonyl (C=O) groups excluding carboxylic acids is 1. The highest BCUT2D eigenvalue weighted by Crippen LogP contribution is 2.19. The lowest BCUT2D eigenvalue weighted by Crippen LogP contribution is -2.48. The van der Waals surface area contributed by atoms with Gasteiger partial charge in [-0.3, -0.25) is 4.79 Å². The number of hydrogen-bond donors (Lipinski definition) is 1. The van der Waals surface area contributed by atoms with Crippen LogP contribution in [0.15, 0.2) is 24.3 Å². The van der Waals surface area contributed by atoms with Crippen molar-refractivity contribution in [1.29, 1.82) is 0 Å². The van der Waals surface area contributed by atoms with Crippen LogP contribution in [0.1, 0.15) is 51.5 Å². The van der Waals surface area contributed by atoms with E-state index in [1.165, 1.54) is 5.56 Å². The van der Waals surface area contributed by atoms with Crippen molar-refractivity contribution < 1.29 is 9.53 Å². The van der Waals surface area contributed by atoms with Crippen LogP contribution in [0.2, 0.25) is 0 Å². The predicted molar refractivity (Wildman–Crippen MR) is 93.9 cm³/mol. The van der Waals surface area contributed by atoms with E-state index in [1.807, 2.05) is 17.0 Å². The smallest absolute Gasteiger partial charge is 0.260 e. The molecule has 0 bridgehead atoms. The zero-order chi connectivity index (χ0) is 16.7. The number of rotatable bonds is 7. The Hall–Kier alpha value is -1.55. The normalized spacial score (nSPS) is 15.7. The molecule has 1 aliphatic rings. The molecule has 4 heteroatoms. The zero-order valence-electron chi connectivity index (χ0n) is 14.7. The van der Waals surface area contributed by atoms with Crippen LogP contribution in [0.5, 0.6) is 5.75 Å². The molecule has 1 aliphatic heterocycles. The van der Waals surface area contributed by atoms with Crippen molar-refractivity contribution in [3.8, 4) is 5.75 Å². The second kappa shape index (κ2) is 8.92. The summed E-state index contributed by atoms with van der Waals surface area (Å²) in [6.07, 6.45) is 3.06. The van der Waals surface area contributed by atoms with Crippen molar-refractivity contribution in [1.82, 2.24) is 10.2 Å². The number of benzene rings is 1. The largest absolute Gasteiger partial charge is 0.484 e. The van der Waals surface area contributed by atoms with E-state index in [0.717, 1.165) is 44.6 Å². The van der Waals surface area contributed by atoms with Crippen molar-refractivity contribution >= 4 is 5.91 Å². The molecule has 0 unspecified atom stereocenters. The number of hydrogen-bond acceptors (Lipinski definition) is 3. The standard InChI is InChI=1S/C19H30N2O2/c1-4-13-21(17-9-11-20-12-10-17)19(22)14-23-18-7-5-16(6-8-18)15(2)3/h5-8,15,17,20H,4,9-14H2,1-3H3. The number of ether oxygens (including phenoxy) is 1. The summed E-state index contributed by atoms with van der Waals surface area (Å²) < 4.78 is 5.71. The number of amides is 1. The first kappa shape index (κ1) is 17.8. The lowest BCUT2D eigenvalue weighted by molar-refractivity contribution is -0.136. The molecule has 4 nitrogen and oxygen atoms in total. The fourth-order valence-corrected chi connectivity index (χ4v) is 3.05. The lowest BCUT2D eigenvalue weighted by Gasteiger charge is -2.34. The van der Waals surface area contributed by atoms with Crippen molar-refractivity contribution in [3.63, 3.8) is 0 Å². The van der Waals surface area contributed by atoms with E-state index in [4.69, 9.17) is 4.74 Å². The van der Waals surface area contributed by atoms with Gasteiger partial charge in [-0.25, -0.2) is 0 Å². The van der Waals surface area contributed by atoms with E-state index in [-0.39, 0.29) is 12.5 Å². The van der Waals surface area contributed by atoms with Crippen molar-refractivity contribution in [3.05, 3.63) is 29.8 Å². The minimum absolute atomic E-state index is 0.103. The fourth-order valence-electron chi connectivity index (χ4n) is 3.05. The number of nitrogens with zero attached hydrogens (tertiary/aromatic N) is 1. The third-order valence-electron chi connectivity index (χ3n) is 4.44. The third-order valence-corrected chi connectivity index (χ3v) is 4.44. The maximum atomic E-state index is 12.6. The summed E-state index contributed by atoms with van der Waals surface area (Å²) in [5, 5.41) is 3.35. The summed E-state index contributed by atoms with van der Waals surface area (Å²) in [7, 11) is 0. The van der Waals surface area contributed by atoms with Gasteiger partial charge in [0.25, 0.3) is 5.91 Å². The highest BCUT2D eigenvalue weighted by Gasteiger charge is 2.24. The van der Waals surface area contributed by atoms with E-state index in [0.29, 0.717) is 12.0 Å². The molecule has 0 atom stereocenters. The maximum absolute atomic E-state index is 12.6. The minimum atomic E-state index is 0.103. The summed E-state index contributed by atoms with van der Waals surface area (Å²) in [4.78, 5) is 14.6. The number of piperidine rings is 1. The molecule has 0 spiro atoms. The average molecular weight is 318 g/mol. The van der Waals surface area contributed by atoms with E-state index in [9.17, 15) is 4.79 Å². The summed E-state index contributed by atoms with van der Waals surface area (Å²) in [6, 6.07) is 8.41. The Morgan fingerprint density at radius 1 is 1.26 bits per heavy atom. The molecule has 0 aromatic heterocycles.